The average Bonchev–Trinajstić information content (AvgIpc) is 2.81. The molecule has 1 saturated carbocycles. The van der Waals surface area contributed by atoms with Gasteiger partial charge >= 0.3 is 0 Å². The van der Waals surface area contributed by atoms with Crippen LogP contribution in [-0.2, 0) is 13.5 Å². The van der Waals surface area contributed by atoms with Crippen molar-refractivity contribution in [2.24, 2.45) is 12.8 Å². The lowest BCUT2D eigenvalue weighted by molar-refractivity contribution is 0.672. The average molecular weight is 201 g/mol. The van der Waals surface area contributed by atoms with E-state index >= 15 is 0 Å². The molecular formula is C12H15N3. The zero-order valence-corrected chi connectivity index (χ0v) is 8.90. The first kappa shape index (κ1) is 8.92. The Labute approximate surface area is 88.9 Å². The van der Waals surface area contributed by atoms with Crippen LogP contribution in [0.5, 0.6) is 0 Å². The van der Waals surface area contributed by atoms with Gasteiger partial charge in [-0.15, -0.1) is 0 Å². The lowest BCUT2D eigenvalue weighted by atomic mass is 10.0. The number of fused-ring (bicyclic) bond motifs is 1. The van der Waals surface area contributed by atoms with E-state index in [1.807, 2.05) is 17.9 Å². The van der Waals surface area contributed by atoms with Crippen LogP contribution in [0.1, 0.15) is 18.4 Å². The maximum absolute atomic E-state index is 6.11. The van der Waals surface area contributed by atoms with E-state index in [4.69, 9.17) is 5.73 Å². The Bertz CT molecular complexity index is 509. The number of aromatic nitrogens is 2. The van der Waals surface area contributed by atoms with Crippen molar-refractivity contribution < 1.29 is 0 Å². The summed E-state index contributed by atoms with van der Waals surface area (Å²) in [4.78, 5) is 0. The highest BCUT2D eigenvalue weighted by Crippen LogP contribution is 2.35. The SMILES string of the molecule is Cn1ncc2cc(CC3(N)CC3)ccc21. The predicted molar refractivity (Wildman–Crippen MR) is 60.6 cm³/mol. The molecule has 0 saturated heterocycles. The molecule has 2 aromatic rings. The molecule has 1 aliphatic carbocycles. The van der Waals surface area contributed by atoms with E-state index in [1.165, 1.54) is 16.5 Å². The summed E-state index contributed by atoms with van der Waals surface area (Å²) >= 11 is 0. The van der Waals surface area contributed by atoms with E-state index < -0.39 is 0 Å². The van der Waals surface area contributed by atoms with E-state index in [-0.39, 0.29) is 5.54 Å². The van der Waals surface area contributed by atoms with Gasteiger partial charge in [-0.3, -0.25) is 4.68 Å². The van der Waals surface area contributed by atoms with Gasteiger partial charge in [0.25, 0.3) is 0 Å². The summed E-state index contributed by atoms with van der Waals surface area (Å²) in [6, 6.07) is 6.50. The summed E-state index contributed by atoms with van der Waals surface area (Å²) < 4.78 is 1.90. The minimum absolute atomic E-state index is 0.0931. The molecule has 15 heavy (non-hydrogen) atoms. The summed E-state index contributed by atoms with van der Waals surface area (Å²) in [5.74, 6) is 0. The molecule has 1 fully saturated rings. The van der Waals surface area contributed by atoms with Crippen molar-refractivity contribution in [3.8, 4) is 0 Å². The minimum atomic E-state index is 0.0931. The molecule has 0 unspecified atom stereocenters. The molecule has 1 heterocycles. The number of rotatable bonds is 2. The van der Waals surface area contributed by atoms with Gasteiger partial charge in [0.1, 0.15) is 0 Å². The van der Waals surface area contributed by atoms with Gasteiger partial charge in [0.05, 0.1) is 11.7 Å². The molecule has 3 heteroatoms. The van der Waals surface area contributed by atoms with Crippen LogP contribution in [0.25, 0.3) is 10.9 Å². The van der Waals surface area contributed by atoms with Crippen LogP contribution < -0.4 is 5.73 Å². The van der Waals surface area contributed by atoms with Crippen LogP contribution in [-0.4, -0.2) is 15.3 Å². The molecule has 3 rings (SSSR count). The van der Waals surface area contributed by atoms with Gasteiger partial charge < -0.3 is 5.73 Å². The Morgan fingerprint density at radius 2 is 2.27 bits per heavy atom. The van der Waals surface area contributed by atoms with Crippen LogP contribution in [0.2, 0.25) is 0 Å². The Morgan fingerprint density at radius 3 is 3.00 bits per heavy atom. The smallest absolute Gasteiger partial charge is 0.0679 e. The zero-order valence-electron chi connectivity index (χ0n) is 8.90. The standard InChI is InChI=1S/C12H15N3/c1-15-11-3-2-9(6-10(11)8-14-15)7-12(13)4-5-12/h2-3,6,8H,4-5,7,13H2,1H3. The molecule has 1 aromatic heterocycles. The quantitative estimate of drug-likeness (QED) is 0.802. The van der Waals surface area contributed by atoms with Gasteiger partial charge in [-0.1, -0.05) is 6.07 Å². The molecule has 0 amide bonds. The fraction of sp³-hybridized carbons (Fsp3) is 0.417. The van der Waals surface area contributed by atoms with Crippen molar-refractivity contribution in [2.45, 2.75) is 24.8 Å². The highest BCUT2D eigenvalue weighted by atomic mass is 15.2. The number of aryl methyl sites for hydroxylation is 1. The van der Waals surface area contributed by atoms with E-state index in [0.29, 0.717) is 0 Å². The van der Waals surface area contributed by atoms with Gasteiger partial charge in [-0.05, 0) is 37.0 Å². The largest absolute Gasteiger partial charge is 0.325 e. The first-order valence-electron chi connectivity index (χ1n) is 5.36. The van der Waals surface area contributed by atoms with E-state index in [9.17, 15) is 0 Å². The van der Waals surface area contributed by atoms with Gasteiger partial charge in [0.2, 0.25) is 0 Å². The number of hydrogen-bond acceptors (Lipinski definition) is 2. The molecule has 0 radical (unpaired) electrons. The lowest BCUT2D eigenvalue weighted by Gasteiger charge is -2.08. The van der Waals surface area contributed by atoms with Crippen molar-refractivity contribution >= 4 is 10.9 Å². The highest BCUT2D eigenvalue weighted by Gasteiger charge is 2.37. The van der Waals surface area contributed by atoms with Crippen LogP contribution in [0.4, 0.5) is 0 Å². The third-order valence-electron chi connectivity index (χ3n) is 3.26. The lowest BCUT2D eigenvalue weighted by Crippen LogP contribution is -2.24. The Morgan fingerprint density at radius 1 is 1.47 bits per heavy atom. The van der Waals surface area contributed by atoms with Crippen molar-refractivity contribution in [3.05, 3.63) is 30.0 Å². The maximum Gasteiger partial charge on any atom is 0.0679 e. The normalized spacial score (nSPS) is 18.3. The van der Waals surface area contributed by atoms with Crippen molar-refractivity contribution in [1.29, 1.82) is 0 Å². The molecule has 0 atom stereocenters. The minimum Gasteiger partial charge on any atom is -0.325 e. The fourth-order valence-corrected chi connectivity index (χ4v) is 2.07. The first-order valence-corrected chi connectivity index (χ1v) is 5.36. The van der Waals surface area contributed by atoms with E-state index in [2.05, 4.69) is 23.3 Å². The van der Waals surface area contributed by atoms with Gasteiger partial charge in [0, 0.05) is 18.0 Å². The molecule has 0 bridgehead atoms. The Hall–Kier alpha value is -1.35. The summed E-state index contributed by atoms with van der Waals surface area (Å²) in [6.07, 6.45) is 5.24. The van der Waals surface area contributed by atoms with Gasteiger partial charge in [0.15, 0.2) is 0 Å². The summed E-state index contributed by atoms with van der Waals surface area (Å²) in [5, 5.41) is 5.44. The molecule has 1 aromatic carbocycles. The number of nitrogens with zero attached hydrogens (tertiary/aromatic N) is 2. The first-order chi connectivity index (χ1) is 7.16. The van der Waals surface area contributed by atoms with Crippen molar-refractivity contribution in [3.63, 3.8) is 0 Å². The number of benzene rings is 1. The summed E-state index contributed by atoms with van der Waals surface area (Å²) in [6.45, 7) is 0. The Balaban J connectivity index is 1.99. The van der Waals surface area contributed by atoms with Crippen LogP contribution in [0.15, 0.2) is 24.4 Å². The predicted octanol–water partition coefficient (Wildman–Crippen LogP) is 1.61. The second-order valence-corrected chi connectivity index (χ2v) is 4.70. The number of hydrogen-bond donors (Lipinski definition) is 1. The molecule has 0 spiro atoms. The maximum atomic E-state index is 6.11. The van der Waals surface area contributed by atoms with Crippen LogP contribution >= 0.6 is 0 Å². The van der Waals surface area contributed by atoms with Gasteiger partial charge in [-0.25, -0.2) is 0 Å². The van der Waals surface area contributed by atoms with Gasteiger partial charge in [-0.2, -0.15) is 5.10 Å². The monoisotopic (exact) mass is 201 g/mol. The molecular weight excluding hydrogens is 186 g/mol. The third kappa shape index (κ3) is 1.53. The van der Waals surface area contributed by atoms with E-state index in [1.54, 1.807) is 0 Å². The molecule has 2 N–H and O–H groups in total. The molecule has 1 aliphatic rings. The topological polar surface area (TPSA) is 43.8 Å². The third-order valence-corrected chi connectivity index (χ3v) is 3.26. The van der Waals surface area contributed by atoms with Crippen molar-refractivity contribution in [2.75, 3.05) is 0 Å². The fourth-order valence-electron chi connectivity index (χ4n) is 2.07. The zero-order chi connectivity index (χ0) is 10.5. The van der Waals surface area contributed by atoms with Crippen molar-refractivity contribution in [1.82, 2.24) is 9.78 Å². The van der Waals surface area contributed by atoms with E-state index in [0.717, 1.165) is 19.3 Å². The number of nitrogens with two attached hydrogens (primary N) is 1. The molecule has 78 valence electrons. The second-order valence-electron chi connectivity index (χ2n) is 4.70. The van der Waals surface area contributed by atoms with Crippen LogP contribution in [0, 0.1) is 0 Å². The molecule has 0 aliphatic heterocycles. The Kier molecular flexibility index (Phi) is 1.68. The summed E-state index contributed by atoms with van der Waals surface area (Å²) in [5.41, 5.74) is 8.71. The highest BCUT2D eigenvalue weighted by molar-refractivity contribution is 5.79. The second kappa shape index (κ2) is 2.83. The molecule has 3 nitrogen and oxygen atoms in total. The van der Waals surface area contributed by atoms with Crippen LogP contribution in [0.3, 0.4) is 0 Å². The summed E-state index contributed by atoms with van der Waals surface area (Å²) in [7, 11) is 1.97.